The van der Waals surface area contributed by atoms with Crippen molar-refractivity contribution in [2.75, 3.05) is 23.8 Å². The Morgan fingerprint density at radius 1 is 0.600 bits per heavy atom. The van der Waals surface area contributed by atoms with E-state index in [2.05, 4.69) is 10.6 Å². The molecule has 35 heavy (non-hydrogen) atoms. The highest BCUT2D eigenvalue weighted by Gasteiger charge is 2.10. The van der Waals surface area contributed by atoms with Crippen LogP contribution in [-0.4, -0.2) is 25.0 Å². The van der Waals surface area contributed by atoms with Crippen LogP contribution in [-0.2, 0) is 0 Å². The van der Waals surface area contributed by atoms with Crippen LogP contribution in [0.1, 0.15) is 26.3 Å². The summed E-state index contributed by atoms with van der Waals surface area (Å²) in [6.45, 7) is 2.77. The molecule has 6 heteroatoms. The van der Waals surface area contributed by atoms with Crippen LogP contribution in [0.2, 0.25) is 0 Å². The Hall–Kier alpha value is -4.58. The Labute approximate surface area is 204 Å². The van der Waals surface area contributed by atoms with Gasteiger partial charge < -0.3 is 20.1 Å². The number of ether oxygens (including phenoxy) is 2. The summed E-state index contributed by atoms with van der Waals surface area (Å²) in [6.07, 6.45) is 0. The summed E-state index contributed by atoms with van der Waals surface area (Å²) in [7, 11) is 0. The molecule has 4 rings (SSSR count). The van der Waals surface area contributed by atoms with Crippen molar-refractivity contribution >= 4 is 23.2 Å². The first-order valence-corrected chi connectivity index (χ1v) is 11.3. The molecule has 176 valence electrons. The first-order valence-electron chi connectivity index (χ1n) is 11.3. The van der Waals surface area contributed by atoms with E-state index in [1.165, 1.54) is 0 Å². The molecule has 0 atom stereocenters. The van der Waals surface area contributed by atoms with E-state index in [1.807, 2.05) is 61.5 Å². The van der Waals surface area contributed by atoms with Gasteiger partial charge >= 0.3 is 0 Å². The van der Waals surface area contributed by atoms with E-state index in [1.54, 1.807) is 48.5 Å². The number of rotatable bonds is 9. The predicted molar refractivity (Wildman–Crippen MR) is 137 cm³/mol. The van der Waals surface area contributed by atoms with Crippen LogP contribution in [0.15, 0.2) is 103 Å². The summed E-state index contributed by atoms with van der Waals surface area (Å²) < 4.78 is 11.3. The fraction of sp³-hybridized carbons (Fsp3) is 0.103. The molecule has 0 aromatic heterocycles. The molecule has 6 nitrogen and oxygen atoms in total. The summed E-state index contributed by atoms with van der Waals surface area (Å²) in [6, 6.07) is 30.8. The molecule has 0 saturated carbocycles. The molecule has 0 bridgehead atoms. The smallest absolute Gasteiger partial charge is 0.255 e. The van der Waals surface area contributed by atoms with Gasteiger partial charge in [0.1, 0.15) is 24.7 Å². The van der Waals surface area contributed by atoms with E-state index >= 15 is 0 Å². The highest BCUT2D eigenvalue weighted by molar-refractivity contribution is 6.07. The van der Waals surface area contributed by atoms with Crippen LogP contribution in [0.25, 0.3) is 0 Å². The maximum Gasteiger partial charge on any atom is 0.255 e. The molecule has 0 spiro atoms. The van der Waals surface area contributed by atoms with Crippen LogP contribution in [0.5, 0.6) is 11.5 Å². The molecule has 0 fully saturated rings. The lowest BCUT2D eigenvalue weighted by Crippen LogP contribution is -2.15. The van der Waals surface area contributed by atoms with E-state index < -0.39 is 0 Å². The number of hydrogen-bond acceptors (Lipinski definition) is 4. The van der Waals surface area contributed by atoms with E-state index in [0.717, 1.165) is 17.0 Å². The number of anilines is 2. The molecule has 0 unspecified atom stereocenters. The number of amides is 2. The van der Waals surface area contributed by atoms with Crippen molar-refractivity contribution in [1.29, 1.82) is 0 Å². The summed E-state index contributed by atoms with van der Waals surface area (Å²) in [5.41, 5.74) is 3.24. The predicted octanol–water partition coefficient (Wildman–Crippen LogP) is 5.96. The lowest BCUT2D eigenvalue weighted by Gasteiger charge is -2.10. The highest BCUT2D eigenvalue weighted by atomic mass is 16.5. The van der Waals surface area contributed by atoms with Gasteiger partial charge in [-0.05, 0) is 79.2 Å². The lowest BCUT2D eigenvalue weighted by atomic mass is 10.1. The quantitative estimate of drug-likeness (QED) is 0.299. The SMILES string of the molecule is Cc1cccc(NC(=O)c2cccc(NC(=O)c3ccc(OCCOc4ccccc4)cc3)c2)c1. The molecular formula is C29H26N2O4. The minimum atomic E-state index is -0.278. The zero-order valence-electron chi connectivity index (χ0n) is 19.4. The van der Waals surface area contributed by atoms with Crippen LogP contribution in [0.3, 0.4) is 0 Å². The normalized spacial score (nSPS) is 10.3. The fourth-order valence-corrected chi connectivity index (χ4v) is 3.41. The first-order chi connectivity index (χ1) is 17.1. The maximum atomic E-state index is 12.7. The summed E-state index contributed by atoms with van der Waals surface area (Å²) in [4.78, 5) is 25.3. The second-order valence-electron chi connectivity index (χ2n) is 7.89. The number of nitrogens with one attached hydrogen (secondary N) is 2. The largest absolute Gasteiger partial charge is 0.490 e. The van der Waals surface area contributed by atoms with Gasteiger partial charge in [0.15, 0.2) is 0 Å². The van der Waals surface area contributed by atoms with Gasteiger partial charge in [-0.3, -0.25) is 9.59 Å². The van der Waals surface area contributed by atoms with E-state index in [9.17, 15) is 9.59 Å². The average molecular weight is 467 g/mol. The standard InChI is InChI=1S/C29H26N2O4/c1-21-7-5-9-24(19-21)30-29(33)23-8-6-10-25(20-23)31-28(32)22-13-15-27(16-14-22)35-18-17-34-26-11-3-2-4-12-26/h2-16,19-20H,17-18H2,1H3,(H,30,33)(H,31,32). The number of aryl methyl sites for hydroxylation is 1. The van der Waals surface area contributed by atoms with Gasteiger partial charge in [-0.15, -0.1) is 0 Å². The monoisotopic (exact) mass is 466 g/mol. The number of carbonyl (C=O) groups excluding carboxylic acids is 2. The molecule has 0 aliphatic rings. The summed E-state index contributed by atoms with van der Waals surface area (Å²) in [5.74, 6) is 0.914. The number of benzene rings is 4. The van der Waals surface area contributed by atoms with E-state index in [-0.39, 0.29) is 11.8 Å². The maximum absolute atomic E-state index is 12.7. The van der Waals surface area contributed by atoms with Gasteiger partial charge in [-0.25, -0.2) is 0 Å². The van der Waals surface area contributed by atoms with Gasteiger partial charge in [0, 0.05) is 22.5 Å². The van der Waals surface area contributed by atoms with Crippen molar-refractivity contribution in [2.24, 2.45) is 0 Å². The Morgan fingerprint density at radius 3 is 1.83 bits per heavy atom. The molecule has 0 saturated heterocycles. The van der Waals surface area contributed by atoms with Crippen molar-refractivity contribution in [3.63, 3.8) is 0 Å². The van der Waals surface area contributed by atoms with Gasteiger partial charge in [0.05, 0.1) is 0 Å². The van der Waals surface area contributed by atoms with Gasteiger partial charge in [-0.1, -0.05) is 36.4 Å². The van der Waals surface area contributed by atoms with Crippen molar-refractivity contribution < 1.29 is 19.1 Å². The molecular weight excluding hydrogens is 440 g/mol. The molecule has 0 radical (unpaired) electrons. The minimum Gasteiger partial charge on any atom is -0.490 e. The number of carbonyl (C=O) groups is 2. The molecule has 0 aliphatic carbocycles. The van der Waals surface area contributed by atoms with E-state index in [0.29, 0.717) is 35.8 Å². The van der Waals surface area contributed by atoms with Gasteiger partial charge in [0.2, 0.25) is 0 Å². The van der Waals surface area contributed by atoms with Crippen LogP contribution >= 0.6 is 0 Å². The van der Waals surface area contributed by atoms with Crippen LogP contribution < -0.4 is 20.1 Å². The molecule has 2 N–H and O–H groups in total. The Kier molecular flexibility index (Phi) is 7.76. The van der Waals surface area contributed by atoms with Crippen LogP contribution in [0, 0.1) is 6.92 Å². The zero-order valence-corrected chi connectivity index (χ0v) is 19.4. The molecule has 4 aromatic rings. The molecule has 0 heterocycles. The second-order valence-corrected chi connectivity index (χ2v) is 7.89. The number of para-hydroxylation sites is 1. The van der Waals surface area contributed by atoms with Gasteiger partial charge in [-0.2, -0.15) is 0 Å². The second kappa shape index (κ2) is 11.5. The average Bonchev–Trinajstić information content (AvgIpc) is 2.88. The molecule has 4 aromatic carbocycles. The summed E-state index contributed by atoms with van der Waals surface area (Å²) in [5, 5.41) is 5.71. The Bertz CT molecular complexity index is 1290. The van der Waals surface area contributed by atoms with Gasteiger partial charge in [0.25, 0.3) is 11.8 Å². The third-order valence-corrected chi connectivity index (χ3v) is 5.14. The first kappa shape index (κ1) is 23.6. The topological polar surface area (TPSA) is 76.7 Å². The molecule has 0 aliphatic heterocycles. The minimum absolute atomic E-state index is 0.246. The van der Waals surface area contributed by atoms with Crippen molar-refractivity contribution in [3.05, 3.63) is 120 Å². The fourth-order valence-electron chi connectivity index (χ4n) is 3.41. The third kappa shape index (κ3) is 6.95. The number of hydrogen-bond donors (Lipinski definition) is 2. The lowest BCUT2D eigenvalue weighted by molar-refractivity contribution is 0.101. The highest BCUT2D eigenvalue weighted by Crippen LogP contribution is 2.17. The van der Waals surface area contributed by atoms with Crippen molar-refractivity contribution in [1.82, 2.24) is 0 Å². The Morgan fingerprint density at radius 2 is 1.17 bits per heavy atom. The summed E-state index contributed by atoms with van der Waals surface area (Å²) >= 11 is 0. The zero-order chi connectivity index (χ0) is 24.5. The molecule has 2 amide bonds. The van der Waals surface area contributed by atoms with Crippen molar-refractivity contribution in [2.45, 2.75) is 6.92 Å². The Balaban J connectivity index is 1.29. The van der Waals surface area contributed by atoms with Crippen molar-refractivity contribution in [3.8, 4) is 11.5 Å². The third-order valence-electron chi connectivity index (χ3n) is 5.14. The van der Waals surface area contributed by atoms with E-state index in [4.69, 9.17) is 9.47 Å². The van der Waals surface area contributed by atoms with Crippen LogP contribution in [0.4, 0.5) is 11.4 Å².